The predicted molar refractivity (Wildman–Crippen MR) is 76.0 cm³/mol. The minimum Gasteiger partial charge on any atom is -0.381 e. The number of methoxy groups -OCH3 is 3. The van der Waals surface area contributed by atoms with Gasteiger partial charge in [-0.05, 0) is 20.3 Å². The molecule has 2 fully saturated rings. The topological polar surface area (TPSA) is 55.4 Å². The number of ether oxygens (including phenoxy) is 6. The summed E-state index contributed by atoms with van der Waals surface area (Å²) in [5.41, 5.74) is 0. The van der Waals surface area contributed by atoms with Crippen molar-refractivity contribution in [2.75, 3.05) is 21.3 Å². The van der Waals surface area contributed by atoms with E-state index in [1.165, 1.54) is 0 Å². The molecule has 124 valence electrons. The van der Waals surface area contributed by atoms with Crippen LogP contribution in [0.4, 0.5) is 0 Å². The van der Waals surface area contributed by atoms with Gasteiger partial charge in [-0.1, -0.05) is 0 Å². The van der Waals surface area contributed by atoms with Crippen LogP contribution in [0.1, 0.15) is 33.1 Å². The molecule has 6 heteroatoms. The fourth-order valence-corrected chi connectivity index (χ4v) is 3.09. The molecular weight excluding hydrogens is 276 g/mol. The Hall–Kier alpha value is -0.240. The Balaban J connectivity index is 1.96. The maximum Gasteiger partial charge on any atom is 0.161 e. The molecule has 0 bridgehead atoms. The molecule has 0 aromatic rings. The zero-order valence-corrected chi connectivity index (χ0v) is 13.6. The van der Waals surface area contributed by atoms with Gasteiger partial charge in [0.2, 0.25) is 0 Å². The van der Waals surface area contributed by atoms with Gasteiger partial charge >= 0.3 is 0 Å². The average Bonchev–Trinajstić information content (AvgIpc) is 2.48. The summed E-state index contributed by atoms with van der Waals surface area (Å²) in [5, 5.41) is 0. The average molecular weight is 304 g/mol. The SMILES string of the molecule is COC1C[C@H](OC)[C@@H](O[C@H]2C[C@H](OC)C[C@H](C)O2)[C@H](C)O1. The van der Waals surface area contributed by atoms with Gasteiger partial charge in [0.05, 0.1) is 24.4 Å². The van der Waals surface area contributed by atoms with Crippen molar-refractivity contribution >= 4 is 0 Å². The van der Waals surface area contributed by atoms with Crippen LogP contribution in [0.15, 0.2) is 0 Å². The van der Waals surface area contributed by atoms with E-state index in [2.05, 4.69) is 0 Å². The molecule has 2 rings (SSSR count). The lowest BCUT2D eigenvalue weighted by Gasteiger charge is -2.42. The second kappa shape index (κ2) is 7.85. The standard InChI is InChI=1S/C15H28O6/c1-9-6-11(16-3)7-14(19-9)21-15-10(2)20-13(18-5)8-12(15)17-4/h9-15H,6-8H2,1-5H3/t9-,10-,11+,12-,13?,14-,15-/m0/s1. The van der Waals surface area contributed by atoms with Gasteiger partial charge in [-0.15, -0.1) is 0 Å². The third kappa shape index (κ3) is 4.37. The van der Waals surface area contributed by atoms with Crippen molar-refractivity contribution in [2.24, 2.45) is 0 Å². The lowest BCUT2D eigenvalue weighted by atomic mass is 10.0. The third-order valence-electron chi connectivity index (χ3n) is 4.26. The molecule has 2 saturated heterocycles. The van der Waals surface area contributed by atoms with E-state index in [0.29, 0.717) is 6.42 Å². The van der Waals surface area contributed by atoms with E-state index < -0.39 is 0 Å². The zero-order chi connectivity index (χ0) is 15.4. The number of hydrogen-bond acceptors (Lipinski definition) is 6. The lowest BCUT2D eigenvalue weighted by molar-refractivity contribution is -0.301. The van der Waals surface area contributed by atoms with Crippen LogP contribution >= 0.6 is 0 Å². The Morgan fingerprint density at radius 2 is 1.57 bits per heavy atom. The predicted octanol–water partition coefficient (Wildman–Crippen LogP) is 1.71. The maximum atomic E-state index is 6.14. The van der Waals surface area contributed by atoms with Crippen LogP contribution in [-0.2, 0) is 28.4 Å². The minimum absolute atomic E-state index is 0.0690. The smallest absolute Gasteiger partial charge is 0.161 e. The van der Waals surface area contributed by atoms with Gasteiger partial charge < -0.3 is 28.4 Å². The first-order valence-corrected chi connectivity index (χ1v) is 7.62. The fraction of sp³-hybridized carbons (Fsp3) is 1.00. The summed E-state index contributed by atoms with van der Waals surface area (Å²) in [6.07, 6.45) is 1.69. The van der Waals surface area contributed by atoms with Crippen LogP contribution < -0.4 is 0 Å². The maximum absolute atomic E-state index is 6.14. The van der Waals surface area contributed by atoms with Crippen LogP contribution in [0, 0.1) is 0 Å². The molecule has 0 radical (unpaired) electrons. The van der Waals surface area contributed by atoms with Gasteiger partial charge in [-0.3, -0.25) is 0 Å². The first kappa shape index (κ1) is 17.1. The summed E-state index contributed by atoms with van der Waals surface area (Å²) >= 11 is 0. The van der Waals surface area contributed by atoms with Gasteiger partial charge in [0.1, 0.15) is 6.10 Å². The van der Waals surface area contributed by atoms with Crippen LogP contribution in [0.5, 0.6) is 0 Å². The van der Waals surface area contributed by atoms with Gasteiger partial charge in [0, 0.05) is 34.2 Å². The molecule has 2 aliphatic heterocycles. The van der Waals surface area contributed by atoms with Crippen LogP contribution in [-0.4, -0.2) is 64.4 Å². The highest BCUT2D eigenvalue weighted by molar-refractivity contribution is 4.84. The fourth-order valence-electron chi connectivity index (χ4n) is 3.09. The Labute approximate surface area is 127 Å². The Morgan fingerprint density at radius 1 is 0.810 bits per heavy atom. The molecule has 0 spiro atoms. The summed E-state index contributed by atoms with van der Waals surface area (Å²) in [7, 11) is 5.06. The molecular formula is C15H28O6. The van der Waals surface area contributed by atoms with Crippen molar-refractivity contribution in [3.8, 4) is 0 Å². The van der Waals surface area contributed by atoms with E-state index in [-0.39, 0.29) is 43.1 Å². The molecule has 2 heterocycles. The van der Waals surface area contributed by atoms with Gasteiger partial charge in [0.25, 0.3) is 0 Å². The van der Waals surface area contributed by atoms with E-state index in [0.717, 1.165) is 12.8 Å². The Morgan fingerprint density at radius 3 is 2.19 bits per heavy atom. The van der Waals surface area contributed by atoms with Gasteiger partial charge in [0.15, 0.2) is 12.6 Å². The molecule has 0 aromatic carbocycles. The first-order chi connectivity index (χ1) is 10.1. The summed E-state index contributed by atoms with van der Waals surface area (Å²) in [6, 6.07) is 0. The zero-order valence-electron chi connectivity index (χ0n) is 13.6. The van der Waals surface area contributed by atoms with Crippen molar-refractivity contribution in [3.63, 3.8) is 0 Å². The van der Waals surface area contributed by atoms with Crippen molar-refractivity contribution in [1.82, 2.24) is 0 Å². The number of rotatable bonds is 5. The molecule has 7 atom stereocenters. The van der Waals surface area contributed by atoms with Crippen molar-refractivity contribution in [1.29, 1.82) is 0 Å². The normalized spacial score (nSPS) is 44.7. The first-order valence-electron chi connectivity index (χ1n) is 7.62. The molecule has 0 aromatic heterocycles. The van der Waals surface area contributed by atoms with E-state index in [9.17, 15) is 0 Å². The highest BCUT2D eigenvalue weighted by Gasteiger charge is 2.40. The van der Waals surface area contributed by atoms with E-state index in [4.69, 9.17) is 28.4 Å². The monoisotopic (exact) mass is 304 g/mol. The van der Waals surface area contributed by atoms with E-state index in [1.54, 1.807) is 21.3 Å². The van der Waals surface area contributed by atoms with E-state index in [1.807, 2.05) is 13.8 Å². The summed E-state index contributed by atoms with van der Waals surface area (Å²) < 4.78 is 34.1. The minimum atomic E-state index is -0.286. The molecule has 0 saturated carbocycles. The van der Waals surface area contributed by atoms with E-state index >= 15 is 0 Å². The van der Waals surface area contributed by atoms with Crippen molar-refractivity contribution < 1.29 is 28.4 Å². The molecule has 2 aliphatic rings. The van der Waals surface area contributed by atoms with Crippen molar-refractivity contribution in [2.45, 2.75) is 76.2 Å². The Bertz CT molecular complexity index is 313. The summed E-state index contributed by atoms with van der Waals surface area (Å²) in [4.78, 5) is 0. The van der Waals surface area contributed by atoms with Crippen LogP contribution in [0.25, 0.3) is 0 Å². The molecule has 0 aliphatic carbocycles. The van der Waals surface area contributed by atoms with Gasteiger partial charge in [-0.25, -0.2) is 0 Å². The highest BCUT2D eigenvalue weighted by Crippen LogP contribution is 2.29. The van der Waals surface area contributed by atoms with Crippen LogP contribution in [0.2, 0.25) is 0 Å². The molecule has 1 unspecified atom stereocenters. The number of hydrogen-bond donors (Lipinski definition) is 0. The summed E-state index contributed by atoms with van der Waals surface area (Å²) in [6.45, 7) is 4.01. The Kier molecular flexibility index (Phi) is 6.40. The highest BCUT2D eigenvalue weighted by atomic mass is 16.7. The van der Waals surface area contributed by atoms with Gasteiger partial charge in [-0.2, -0.15) is 0 Å². The molecule has 21 heavy (non-hydrogen) atoms. The molecule has 0 N–H and O–H groups in total. The molecule has 0 amide bonds. The largest absolute Gasteiger partial charge is 0.381 e. The van der Waals surface area contributed by atoms with Crippen LogP contribution in [0.3, 0.4) is 0 Å². The summed E-state index contributed by atoms with van der Waals surface area (Å²) in [5.74, 6) is 0. The second-order valence-corrected chi connectivity index (χ2v) is 5.82. The second-order valence-electron chi connectivity index (χ2n) is 5.82. The molecule has 6 nitrogen and oxygen atoms in total. The lowest BCUT2D eigenvalue weighted by Crippen LogP contribution is -2.52. The van der Waals surface area contributed by atoms with Crippen molar-refractivity contribution in [3.05, 3.63) is 0 Å². The third-order valence-corrected chi connectivity index (χ3v) is 4.26. The quantitative estimate of drug-likeness (QED) is 0.771.